The van der Waals surface area contributed by atoms with Gasteiger partial charge in [-0.1, -0.05) is 0 Å². The summed E-state index contributed by atoms with van der Waals surface area (Å²) in [6, 6.07) is 9.01. The Morgan fingerprint density at radius 2 is 1.88 bits per heavy atom. The maximum atomic E-state index is 12.1. The van der Waals surface area contributed by atoms with E-state index in [9.17, 15) is 9.59 Å². The number of pyridine rings is 1. The number of benzene rings is 1. The lowest BCUT2D eigenvalue weighted by molar-refractivity contribution is 0.0526. The molecule has 0 atom stereocenters. The number of carbonyl (C=O) groups excluding carboxylic acids is 2. The number of rotatable bonds is 6. The second kappa shape index (κ2) is 7.12. The van der Waals surface area contributed by atoms with Gasteiger partial charge < -0.3 is 15.4 Å². The highest BCUT2D eigenvalue weighted by atomic mass is 16.5. The minimum Gasteiger partial charge on any atom is -0.462 e. The highest BCUT2D eigenvalue weighted by Crippen LogP contribution is 2.21. The maximum absolute atomic E-state index is 12.1. The molecule has 124 valence electrons. The predicted molar refractivity (Wildman–Crippen MR) is 90.4 cm³/mol. The number of amides is 1. The van der Waals surface area contributed by atoms with Crippen molar-refractivity contribution in [2.45, 2.75) is 25.8 Å². The second-order valence-corrected chi connectivity index (χ2v) is 5.63. The van der Waals surface area contributed by atoms with Crippen LogP contribution in [0.25, 0.3) is 0 Å². The highest BCUT2D eigenvalue weighted by molar-refractivity contribution is 5.95. The lowest BCUT2D eigenvalue weighted by Gasteiger charge is -2.09. The van der Waals surface area contributed by atoms with Crippen LogP contribution in [0.3, 0.4) is 0 Å². The Morgan fingerprint density at radius 3 is 2.54 bits per heavy atom. The van der Waals surface area contributed by atoms with Crippen molar-refractivity contribution < 1.29 is 14.3 Å². The van der Waals surface area contributed by atoms with Gasteiger partial charge in [0, 0.05) is 17.9 Å². The third-order valence-corrected chi connectivity index (χ3v) is 3.60. The van der Waals surface area contributed by atoms with Crippen LogP contribution >= 0.6 is 0 Å². The van der Waals surface area contributed by atoms with Crippen LogP contribution in [0, 0.1) is 0 Å². The topological polar surface area (TPSA) is 80.3 Å². The number of ether oxygens (including phenoxy) is 1. The van der Waals surface area contributed by atoms with Crippen LogP contribution in [-0.2, 0) is 4.74 Å². The monoisotopic (exact) mass is 325 g/mol. The quantitative estimate of drug-likeness (QED) is 0.798. The van der Waals surface area contributed by atoms with Gasteiger partial charge in [-0.25, -0.2) is 4.79 Å². The number of hydrogen-bond acceptors (Lipinski definition) is 5. The van der Waals surface area contributed by atoms with E-state index in [0.29, 0.717) is 29.5 Å². The van der Waals surface area contributed by atoms with Crippen molar-refractivity contribution >= 4 is 23.3 Å². The van der Waals surface area contributed by atoms with Crippen molar-refractivity contribution in [1.29, 1.82) is 0 Å². The minimum absolute atomic E-state index is 0.105. The van der Waals surface area contributed by atoms with E-state index in [2.05, 4.69) is 15.6 Å². The van der Waals surface area contributed by atoms with E-state index in [0.717, 1.165) is 18.5 Å². The summed E-state index contributed by atoms with van der Waals surface area (Å²) in [5, 5.41) is 6.11. The Balaban J connectivity index is 1.67. The van der Waals surface area contributed by atoms with Crippen LogP contribution in [0.5, 0.6) is 0 Å². The van der Waals surface area contributed by atoms with Crippen molar-refractivity contribution in [3.8, 4) is 0 Å². The highest BCUT2D eigenvalue weighted by Gasteiger charge is 2.23. The summed E-state index contributed by atoms with van der Waals surface area (Å²) in [4.78, 5) is 27.8. The molecule has 1 heterocycles. The fourth-order valence-electron chi connectivity index (χ4n) is 2.20. The molecular formula is C18H19N3O3. The first-order chi connectivity index (χ1) is 11.7. The largest absolute Gasteiger partial charge is 0.462 e. The Hall–Kier alpha value is -2.89. The van der Waals surface area contributed by atoms with Crippen LogP contribution in [0.2, 0.25) is 0 Å². The maximum Gasteiger partial charge on any atom is 0.338 e. The number of hydrogen-bond donors (Lipinski definition) is 2. The lowest BCUT2D eigenvalue weighted by Crippen LogP contribution is -2.25. The molecule has 6 heteroatoms. The average molecular weight is 325 g/mol. The Kier molecular flexibility index (Phi) is 4.74. The van der Waals surface area contributed by atoms with Crippen molar-refractivity contribution in [1.82, 2.24) is 10.3 Å². The minimum atomic E-state index is -0.343. The molecule has 2 N–H and O–H groups in total. The molecule has 3 rings (SSSR count). The number of nitrogens with one attached hydrogen (secondary N) is 2. The Morgan fingerprint density at radius 1 is 1.12 bits per heavy atom. The molecule has 1 aliphatic rings. The van der Waals surface area contributed by atoms with E-state index in [1.165, 1.54) is 0 Å². The molecule has 1 fully saturated rings. The molecule has 0 aliphatic heterocycles. The first-order valence-electron chi connectivity index (χ1n) is 7.96. The van der Waals surface area contributed by atoms with Gasteiger partial charge in [0.05, 0.1) is 29.6 Å². The van der Waals surface area contributed by atoms with Gasteiger partial charge in [0.25, 0.3) is 5.91 Å². The van der Waals surface area contributed by atoms with E-state index in [-0.39, 0.29) is 11.9 Å². The summed E-state index contributed by atoms with van der Waals surface area (Å²) in [6.07, 6.45) is 5.29. The molecule has 0 unspecified atom stereocenters. The van der Waals surface area contributed by atoms with Gasteiger partial charge in [0.1, 0.15) is 0 Å². The zero-order chi connectivity index (χ0) is 16.9. The fraction of sp³-hybridized carbons (Fsp3) is 0.278. The van der Waals surface area contributed by atoms with Gasteiger partial charge >= 0.3 is 5.97 Å². The molecule has 1 aliphatic carbocycles. The molecule has 2 aromatic rings. The van der Waals surface area contributed by atoms with E-state index < -0.39 is 0 Å². The molecule has 24 heavy (non-hydrogen) atoms. The van der Waals surface area contributed by atoms with Gasteiger partial charge in [-0.2, -0.15) is 0 Å². The summed E-state index contributed by atoms with van der Waals surface area (Å²) < 4.78 is 4.95. The SMILES string of the molecule is CCOC(=O)c1ccc(Nc2cncc(C(=O)NC3CC3)c2)cc1. The molecule has 1 aromatic heterocycles. The first kappa shape index (κ1) is 16.0. The average Bonchev–Trinajstić information content (AvgIpc) is 3.40. The smallest absolute Gasteiger partial charge is 0.338 e. The van der Waals surface area contributed by atoms with E-state index in [1.807, 2.05) is 0 Å². The summed E-state index contributed by atoms with van der Waals surface area (Å²) in [7, 11) is 0. The Labute approximate surface area is 140 Å². The number of esters is 1. The predicted octanol–water partition coefficient (Wildman–Crippen LogP) is 2.89. The molecular weight excluding hydrogens is 306 g/mol. The molecule has 0 spiro atoms. The number of nitrogens with zero attached hydrogens (tertiary/aromatic N) is 1. The van der Waals surface area contributed by atoms with Crippen molar-refractivity contribution in [2.75, 3.05) is 11.9 Å². The zero-order valence-electron chi connectivity index (χ0n) is 13.4. The van der Waals surface area contributed by atoms with E-state index in [4.69, 9.17) is 4.74 Å². The standard InChI is InChI=1S/C18H19N3O3/c1-2-24-18(23)12-3-5-14(6-4-12)20-16-9-13(10-19-11-16)17(22)21-15-7-8-15/h3-6,9-11,15,20H,2,7-8H2,1H3,(H,21,22). The lowest BCUT2D eigenvalue weighted by atomic mass is 10.2. The summed E-state index contributed by atoms with van der Waals surface area (Å²) in [5.41, 5.74) is 2.53. The molecule has 0 radical (unpaired) electrons. The normalized spacial score (nSPS) is 13.2. The molecule has 0 saturated heterocycles. The van der Waals surface area contributed by atoms with Crippen LogP contribution in [0.15, 0.2) is 42.7 Å². The first-order valence-corrected chi connectivity index (χ1v) is 7.96. The van der Waals surface area contributed by atoms with Crippen LogP contribution in [-0.4, -0.2) is 29.5 Å². The van der Waals surface area contributed by atoms with E-state index >= 15 is 0 Å². The Bertz CT molecular complexity index is 739. The second-order valence-electron chi connectivity index (χ2n) is 5.63. The van der Waals surface area contributed by atoms with Gasteiger partial charge in [0.2, 0.25) is 0 Å². The van der Waals surface area contributed by atoms with Gasteiger partial charge in [-0.05, 0) is 50.1 Å². The number of aromatic nitrogens is 1. The number of anilines is 2. The molecule has 1 amide bonds. The summed E-state index contributed by atoms with van der Waals surface area (Å²) in [6.45, 7) is 2.12. The van der Waals surface area contributed by atoms with Crippen molar-refractivity contribution in [2.24, 2.45) is 0 Å². The van der Waals surface area contributed by atoms with Crippen LogP contribution < -0.4 is 10.6 Å². The van der Waals surface area contributed by atoms with Gasteiger partial charge in [-0.15, -0.1) is 0 Å². The van der Waals surface area contributed by atoms with Crippen LogP contribution in [0.4, 0.5) is 11.4 Å². The summed E-state index contributed by atoms with van der Waals surface area (Å²) in [5.74, 6) is -0.448. The third kappa shape index (κ3) is 4.10. The third-order valence-electron chi connectivity index (χ3n) is 3.60. The molecule has 1 aromatic carbocycles. The van der Waals surface area contributed by atoms with Crippen LogP contribution in [0.1, 0.15) is 40.5 Å². The van der Waals surface area contributed by atoms with Gasteiger partial charge in [0.15, 0.2) is 0 Å². The molecule has 1 saturated carbocycles. The van der Waals surface area contributed by atoms with Crippen molar-refractivity contribution in [3.05, 3.63) is 53.9 Å². The zero-order valence-corrected chi connectivity index (χ0v) is 13.4. The van der Waals surface area contributed by atoms with Gasteiger partial charge in [-0.3, -0.25) is 9.78 Å². The van der Waals surface area contributed by atoms with E-state index in [1.54, 1.807) is 49.6 Å². The fourth-order valence-corrected chi connectivity index (χ4v) is 2.20. The summed E-state index contributed by atoms with van der Waals surface area (Å²) >= 11 is 0. The van der Waals surface area contributed by atoms with Crippen molar-refractivity contribution in [3.63, 3.8) is 0 Å². The molecule has 6 nitrogen and oxygen atoms in total. The molecule has 0 bridgehead atoms. The number of carbonyl (C=O) groups is 2.